The lowest BCUT2D eigenvalue weighted by Gasteiger charge is -2.35. The maximum Gasteiger partial charge on any atom is 0.272 e. The van der Waals surface area contributed by atoms with Crippen LogP contribution in [0.25, 0.3) is 5.65 Å². The Hall–Kier alpha value is -2.43. The fourth-order valence-electron chi connectivity index (χ4n) is 3.42. The van der Waals surface area contributed by atoms with Gasteiger partial charge in [-0.1, -0.05) is 34.5 Å². The molecule has 2 aromatic heterocycles. The zero-order valence-corrected chi connectivity index (χ0v) is 15.7. The Kier molecular flexibility index (Phi) is 4.62. The van der Waals surface area contributed by atoms with Crippen molar-refractivity contribution >= 4 is 21.6 Å². The fraction of sp³-hybridized carbons (Fsp3) is 0.316. The Bertz CT molecular complexity index is 1030. The largest absolute Gasteiger partial charge is 0.304 e. The molecule has 7 heteroatoms. The van der Waals surface area contributed by atoms with Crippen molar-refractivity contribution in [3.05, 3.63) is 68.2 Å². The first kappa shape index (κ1) is 17.0. The summed E-state index contributed by atoms with van der Waals surface area (Å²) in [6.45, 7) is 0.485. The number of benzene rings is 1. The minimum Gasteiger partial charge on any atom is -0.304 e. The van der Waals surface area contributed by atoms with Gasteiger partial charge in [-0.05, 0) is 36.5 Å². The van der Waals surface area contributed by atoms with Gasteiger partial charge in [-0.15, -0.1) is 0 Å². The van der Waals surface area contributed by atoms with Gasteiger partial charge < -0.3 is 5.32 Å². The SMILES string of the molecule is N#Cc1c[nH]n2c(=O)cc(CNC(c3ccc(Br)cc3)C3CCC3)nc12. The lowest BCUT2D eigenvalue weighted by atomic mass is 9.77. The van der Waals surface area contributed by atoms with E-state index < -0.39 is 0 Å². The van der Waals surface area contributed by atoms with Gasteiger partial charge in [-0.2, -0.15) is 5.26 Å². The van der Waals surface area contributed by atoms with Crippen LogP contribution in [-0.4, -0.2) is 14.6 Å². The molecule has 6 nitrogen and oxygen atoms in total. The summed E-state index contributed by atoms with van der Waals surface area (Å²) in [5, 5.41) is 15.5. The minimum absolute atomic E-state index is 0.211. The molecule has 26 heavy (non-hydrogen) atoms. The highest BCUT2D eigenvalue weighted by atomic mass is 79.9. The molecule has 3 aromatic rings. The summed E-state index contributed by atoms with van der Waals surface area (Å²) in [5.41, 5.74) is 2.42. The van der Waals surface area contributed by atoms with Gasteiger partial charge in [-0.3, -0.25) is 9.89 Å². The van der Waals surface area contributed by atoms with Gasteiger partial charge in [0.25, 0.3) is 5.56 Å². The normalized spacial score (nSPS) is 15.5. The van der Waals surface area contributed by atoms with Gasteiger partial charge in [0, 0.05) is 29.3 Å². The van der Waals surface area contributed by atoms with Crippen LogP contribution in [0.15, 0.2) is 45.8 Å². The number of H-pyrrole nitrogens is 1. The van der Waals surface area contributed by atoms with Crippen molar-refractivity contribution in [3.8, 4) is 6.07 Å². The first-order valence-electron chi connectivity index (χ1n) is 8.65. The Labute approximate surface area is 159 Å². The van der Waals surface area contributed by atoms with Crippen LogP contribution < -0.4 is 10.9 Å². The molecule has 1 atom stereocenters. The predicted molar refractivity (Wildman–Crippen MR) is 102 cm³/mol. The molecule has 1 aliphatic carbocycles. The van der Waals surface area contributed by atoms with Gasteiger partial charge in [0.2, 0.25) is 0 Å². The number of rotatable bonds is 5. The molecule has 1 aliphatic rings. The standard InChI is InChI=1S/C19H18BrN5O/c20-15-6-4-13(5-7-15)18(12-2-1-3-12)22-11-16-8-17(26)25-19(24-16)14(9-21)10-23-25/h4-8,10,12,18,22-23H,1-3,11H2. The number of halogens is 1. The monoisotopic (exact) mass is 411 g/mol. The molecular formula is C19H18BrN5O. The number of nitrogens with one attached hydrogen (secondary N) is 2. The van der Waals surface area contributed by atoms with E-state index in [1.54, 1.807) is 0 Å². The second-order valence-corrected chi connectivity index (χ2v) is 7.56. The summed E-state index contributed by atoms with van der Waals surface area (Å²) in [5.74, 6) is 0.600. The van der Waals surface area contributed by atoms with Crippen LogP contribution in [-0.2, 0) is 6.54 Å². The number of nitriles is 1. The van der Waals surface area contributed by atoms with Crippen molar-refractivity contribution in [1.29, 1.82) is 5.26 Å². The number of aromatic nitrogens is 3. The highest BCUT2D eigenvalue weighted by Crippen LogP contribution is 2.38. The van der Waals surface area contributed by atoms with E-state index in [2.05, 4.69) is 61.7 Å². The zero-order valence-electron chi connectivity index (χ0n) is 14.1. The Balaban J connectivity index is 1.59. The van der Waals surface area contributed by atoms with Gasteiger partial charge in [-0.25, -0.2) is 9.50 Å². The third-order valence-electron chi connectivity index (χ3n) is 5.02. The molecule has 1 unspecified atom stereocenters. The first-order chi connectivity index (χ1) is 12.7. The van der Waals surface area contributed by atoms with Crippen LogP contribution in [0.5, 0.6) is 0 Å². The maximum atomic E-state index is 12.2. The molecular weight excluding hydrogens is 394 g/mol. The van der Waals surface area contributed by atoms with E-state index in [4.69, 9.17) is 5.26 Å². The van der Waals surface area contributed by atoms with E-state index in [0.717, 1.165) is 4.47 Å². The van der Waals surface area contributed by atoms with E-state index in [9.17, 15) is 4.79 Å². The quantitative estimate of drug-likeness (QED) is 0.674. The summed E-state index contributed by atoms with van der Waals surface area (Å²) < 4.78 is 2.35. The molecule has 0 bridgehead atoms. The lowest BCUT2D eigenvalue weighted by molar-refractivity contribution is 0.229. The van der Waals surface area contributed by atoms with Gasteiger partial charge in [0.15, 0.2) is 5.65 Å². The molecule has 0 radical (unpaired) electrons. The van der Waals surface area contributed by atoms with Crippen LogP contribution in [0.1, 0.15) is 42.1 Å². The van der Waals surface area contributed by atoms with Gasteiger partial charge in [0.1, 0.15) is 11.6 Å². The van der Waals surface area contributed by atoms with Crippen molar-refractivity contribution in [2.24, 2.45) is 5.92 Å². The van der Waals surface area contributed by atoms with Crippen LogP contribution >= 0.6 is 15.9 Å². The van der Waals surface area contributed by atoms with E-state index in [1.165, 1.54) is 41.6 Å². The van der Waals surface area contributed by atoms with Crippen molar-refractivity contribution in [1.82, 2.24) is 19.9 Å². The second kappa shape index (κ2) is 7.06. The summed E-state index contributed by atoms with van der Waals surface area (Å²) in [7, 11) is 0. The van der Waals surface area contributed by atoms with Gasteiger partial charge >= 0.3 is 0 Å². The molecule has 0 saturated heterocycles. The molecule has 1 saturated carbocycles. The van der Waals surface area contributed by atoms with Crippen molar-refractivity contribution in [2.75, 3.05) is 0 Å². The summed E-state index contributed by atoms with van der Waals surface area (Å²) >= 11 is 3.48. The fourth-order valence-corrected chi connectivity index (χ4v) is 3.68. The van der Waals surface area contributed by atoms with Crippen LogP contribution in [0.4, 0.5) is 0 Å². The lowest BCUT2D eigenvalue weighted by Crippen LogP contribution is -2.32. The number of fused-ring (bicyclic) bond motifs is 1. The summed E-state index contributed by atoms with van der Waals surface area (Å²) in [6, 6.07) is 12.2. The highest BCUT2D eigenvalue weighted by Gasteiger charge is 2.28. The number of hydrogen-bond donors (Lipinski definition) is 2. The van der Waals surface area contributed by atoms with E-state index >= 15 is 0 Å². The van der Waals surface area contributed by atoms with Crippen LogP contribution in [0, 0.1) is 17.2 Å². The molecule has 2 heterocycles. The number of nitrogens with zero attached hydrogens (tertiary/aromatic N) is 3. The molecule has 2 N–H and O–H groups in total. The van der Waals surface area contributed by atoms with Crippen molar-refractivity contribution in [3.63, 3.8) is 0 Å². The third kappa shape index (κ3) is 3.18. The molecule has 1 fully saturated rings. The van der Waals surface area contributed by atoms with Gasteiger partial charge in [0.05, 0.1) is 5.69 Å². The molecule has 4 rings (SSSR count). The maximum absolute atomic E-state index is 12.2. The predicted octanol–water partition coefficient (Wildman–Crippen LogP) is 3.29. The second-order valence-electron chi connectivity index (χ2n) is 6.64. The topological polar surface area (TPSA) is 86.0 Å². The average molecular weight is 412 g/mol. The minimum atomic E-state index is -0.211. The highest BCUT2D eigenvalue weighted by molar-refractivity contribution is 9.10. The van der Waals surface area contributed by atoms with Crippen LogP contribution in [0.2, 0.25) is 0 Å². The zero-order chi connectivity index (χ0) is 18.1. The number of aromatic amines is 1. The number of hydrogen-bond acceptors (Lipinski definition) is 4. The van der Waals surface area contributed by atoms with Crippen molar-refractivity contribution < 1.29 is 0 Å². The molecule has 0 spiro atoms. The van der Waals surface area contributed by atoms with E-state index in [-0.39, 0.29) is 11.6 Å². The summed E-state index contributed by atoms with van der Waals surface area (Å²) in [4.78, 5) is 16.7. The summed E-state index contributed by atoms with van der Waals surface area (Å²) in [6.07, 6.45) is 5.18. The Morgan fingerprint density at radius 1 is 1.38 bits per heavy atom. The first-order valence-corrected chi connectivity index (χ1v) is 9.44. The molecule has 132 valence electrons. The average Bonchev–Trinajstić information content (AvgIpc) is 3.01. The molecule has 1 aromatic carbocycles. The van der Waals surface area contributed by atoms with Crippen LogP contribution in [0.3, 0.4) is 0 Å². The Morgan fingerprint density at radius 3 is 2.81 bits per heavy atom. The molecule has 0 aliphatic heterocycles. The third-order valence-corrected chi connectivity index (χ3v) is 5.55. The van der Waals surface area contributed by atoms with E-state index in [1.807, 2.05) is 0 Å². The van der Waals surface area contributed by atoms with E-state index in [0.29, 0.717) is 29.4 Å². The smallest absolute Gasteiger partial charge is 0.272 e. The van der Waals surface area contributed by atoms with Crippen molar-refractivity contribution in [2.45, 2.75) is 31.8 Å². The Morgan fingerprint density at radius 2 is 2.15 bits per heavy atom. The molecule has 0 amide bonds.